The molecule has 1 heterocycles. The van der Waals surface area contributed by atoms with Crippen LogP contribution in [0.5, 0.6) is 0 Å². The van der Waals surface area contributed by atoms with E-state index in [-0.39, 0.29) is 23.2 Å². The third-order valence-electron chi connectivity index (χ3n) is 3.10. The predicted molar refractivity (Wildman–Crippen MR) is 81.4 cm³/mol. The molecule has 0 aliphatic carbocycles. The summed E-state index contributed by atoms with van der Waals surface area (Å²) >= 11 is 0. The number of nitrogens with one attached hydrogen (secondary N) is 2. The molecule has 0 saturated carbocycles. The van der Waals surface area contributed by atoms with Gasteiger partial charge in [0, 0.05) is 5.69 Å². The van der Waals surface area contributed by atoms with Crippen LogP contribution in [0.1, 0.15) is 0 Å². The second-order valence-electron chi connectivity index (χ2n) is 4.64. The van der Waals surface area contributed by atoms with Crippen LogP contribution in [0.4, 0.5) is 31.9 Å². The van der Waals surface area contributed by atoms with E-state index in [1.54, 1.807) is 24.3 Å². The summed E-state index contributed by atoms with van der Waals surface area (Å²) in [6, 6.07) is 9.95. The van der Waals surface area contributed by atoms with Crippen molar-refractivity contribution < 1.29 is 18.4 Å². The van der Waals surface area contributed by atoms with Crippen molar-refractivity contribution in [3.05, 3.63) is 54.1 Å². The zero-order valence-electron chi connectivity index (χ0n) is 11.7. The monoisotopic (exact) mass is 318 g/mol. The first-order valence-electron chi connectivity index (χ1n) is 6.56. The van der Waals surface area contributed by atoms with Crippen molar-refractivity contribution in [3.63, 3.8) is 0 Å². The predicted octanol–water partition coefficient (Wildman–Crippen LogP) is 3.75. The molecule has 0 aliphatic heterocycles. The Bertz CT molecular complexity index is 814. The van der Waals surface area contributed by atoms with Crippen LogP contribution in [0.2, 0.25) is 0 Å². The zero-order chi connectivity index (χ0) is 16.4. The Morgan fingerprint density at radius 2 is 1.61 bits per heavy atom. The van der Waals surface area contributed by atoms with Gasteiger partial charge in [-0.25, -0.2) is 8.78 Å². The number of nitrogens with two attached hydrogens (primary N) is 1. The van der Waals surface area contributed by atoms with Crippen molar-refractivity contribution in [2.75, 3.05) is 16.5 Å². The van der Waals surface area contributed by atoms with Gasteiger partial charge in [0.25, 0.3) is 0 Å². The van der Waals surface area contributed by atoms with Crippen LogP contribution < -0.4 is 16.5 Å². The Balaban J connectivity index is 1.91. The molecule has 118 valence electrons. The van der Waals surface area contributed by atoms with Crippen molar-refractivity contribution in [2.24, 2.45) is 0 Å². The van der Waals surface area contributed by atoms with Gasteiger partial charge in [0.15, 0.2) is 5.82 Å². The fourth-order valence-corrected chi connectivity index (χ4v) is 1.99. The SMILES string of the molecule is Nc1nc(-c2c(F)cccc2F)oc1Nc1ccc(NO)cc1. The van der Waals surface area contributed by atoms with Gasteiger partial charge in [-0.15, -0.1) is 0 Å². The molecule has 5 N–H and O–H groups in total. The number of hydrogen-bond donors (Lipinski definition) is 4. The topological polar surface area (TPSA) is 96.3 Å². The molecule has 1 aromatic heterocycles. The van der Waals surface area contributed by atoms with E-state index in [1.165, 1.54) is 6.07 Å². The van der Waals surface area contributed by atoms with Gasteiger partial charge in [-0.2, -0.15) is 4.98 Å². The summed E-state index contributed by atoms with van der Waals surface area (Å²) in [5, 5.41) is 11.6. The molecule has 0 unspecified atom stereocenters. The number of anilines is 4. The summed E-state index contributed by atoms with van der Waals surface area (Å²) in [7, 11) is 0. The summed E-state index contributed by atoms with van der Waals surface area (Å²) in [5.74, 6) is -1.82. The molecule has 2 aromatic carbocycles. The van der Waals surface area contributed by atoms with E-state index in [0.717, 1.165) is 12.1 Å². The van der Waals surface area contributed by atoms with Crippen molar-refractivity contribution in [1.82, 2.24) is 4.98 Å². The molecule has 0 radical (unpaired) electrons. The molecular formula is C15H12F2N4O2. The average molecular weight is 318 g/mol. The number of hydrogen-bond acceptors (Lipinski definition) is 6. The summed E-state index contributed by atoms with van der Waals surface area (Å²) in [4.78, 5) is 3.85. The maximum Gasteiger partial charge on any atom is 0.242 e. The summed E-state index contributed by atoms with van der Waals surface area (Å²) in [5.41, 5.74) is 8.42. The molecule has 6 nitrogen and oxygen atoms in total. The van der Waals surface area contributed by atoms with E-state index in [0.29, 0.717) is 11.4 Å². The van der Waals surface area contributed by atoms with Crippen LogP contribution in [0.25, 0.3) is 11.5 Å². The first-order chi connectivity index (χ1) is 11.1. The zero-order valence-corrected chi connectivity index (χ0v) is 11.7. The van der Waals surface area contributed by atoms with Crippen LogP contribution >= 0.6 is 0 Å². The third-order valence-corrected chi connectivity index (χ3v) is 3.10. The van der Waals surface area contributed by atoms with Gasteiger partial charge in [0.1, 0.15) is 17.2 Å². The van der Waals surface area contributed by atoms with E-state index in [1.807, 2.05) is 5.48 Å². The van der Waals surface area contributed by atoms with Crippen LogP contribution in [0.15, 0.2) is 46.9 Å². The van der Waals surface area contributed by atoms with Crippen molar-refractivity contribution in [3.8, 4) is 11.5 Å². The van der Waals surface area contributed by atoms with Crippen LogP contribution in [-0.2, 0) is 0 Å². The lowest BCUT2D eigenvalue weighted by Crippen LogP contribution is -1.94. The minimum absolute atomic E-state index is 0.0352. The van der Waals surface area contributed by atoms with E-state index in [9.17, 15) is 8.78 Å². The largest absolute Gasteiger partial charge is 0.418 e. The van der Waals surface area contributed by atoms with Gasteiger partial charge in [0.05, 0.1) is 5.69 Å². The van der Waals surface area contributed by atoms with Crippen molar-refractivity contribution >= 4 is 23.1 Å². The Labute approximate surface area is 129 Å². The molecule has 3 rings (SSSR count). The van der Waals surface area contributed by atoms with Gasteiger partial charge in [-0.1, -0.05) is 6.07 Å². The van der Waals surface area contributed by atoms with E-state index < -0.39 is 11.6 Å². The summed E-state index contributed by atoms with van der Waals surface area (Å²) in [6.07, 6.45) is 0. The normalized spacial score (nSPS) is 10.6. The Morgan fingerprint density at radius 3 is 2.22 bits per heavy atom. The third kappa shape index (κ3) is 2.92. The first-order valence-corrected chi connectivity index (χ1v) is 6.56. The maximum absolute atomic E-state index is 13.8. The minimum atomic E-state index is -0.795. The number of benzene rings is 2. The van der Waals surface area contributed by atoms with Gasteiger partial charge in [0.2, 0.25) is 11.8 Å². The van der Waals surface area contributed by atoms with Gasteiger partial charge in [-0.3, -0.25) is 10.7 Å². The van der Waals surface area contributed by atoms with Crippen LogP contribution in [0, 0.1) is 11.6 Å². The van der Waals surface area contributed by atoms with Crippen molar-refractivity contribution in [1.29, 1.82) is 0 Å². The smallest absolute Gasteiger partial charge is 0.242 e. The second kappa shape index (κ2) is 5.93. The minimum Gasteiger partial charge on any atom is -0.418 e. The van der Waals surface area contributed by atoms with Gasteiger partial charge >= 0.3 is 0 Å². The number of nitrogens with zero attached hydrogens (tertiary/aromatic N) is 1. The Morgan fingerprint density at radius 1 is 1.00 bits per heavy atom. The van der Waals surface area contributed by atoms with Crippen LogP contribution in [0.3, 0.4) is 0 Å². The maximum atomic E-state index is 13.8. The fourth-order valence-electron chi connectivity index (χ4n) is 1.99. The lowest BCUT2D eigenvalue weighted by Gasteiger charge is -2.04. The standard InChI is InChI=1S/C15H12F2N4O2/c16-10-2-1-3-11(17)12(10)14-20-13(18)15(23-14)19-8-4-6-9(21-22)7-5-8/h1-7,19,21-22H,18H2. The van der Waals surface area contributed by atoms with Gasteiger partial charge in [-0.05, 0) is 36.4 Å². The second-order valence-corrected chi connectivity index (χ2v) is 4.64. The molecule has 0 amide bonds. The van der Waals surface area contributed by atoms with E-state index >= 15 is 0 Å². The summed E-state index contributed by atoms with van der Waals surface area (Å²) in [6.45, 7) is 0. The first kappa shape index (κ1) is 14.8. The molecule has 23 heavy (non-hydrogen) atoms. The lowest BCUT2D eigenvalue weighted by molar-refractivity contribution is 0.389. The number of nitrogen functional groups attached to an aromatic ring is 1. The molecule has 0 saturated heterocycles. The molecular weight excluding hydrogens is 306 g/mol. The number of oxazole rings is 1. The lowest BCUT2D eigenvalue weighted by atomic mass is 10.2. The molecule has 0 atom stereocenters. The highest BCUT2D eigenvalue weighted by Gasteiger charge is 2.19. The quantitative estimate of drug-likeness (QED) is 0.547. The molecule has 3 aromatic rings. The van der Waals surface area contributed by atoms with Crippen molar-refractivity contribution in [2.45, 2.75) is 0 Å². The fraction of sp³-hybridized carbons (Fsp3) is 0. The van der Waals surface area contributed by atoms with Gasteiger partial charge < -0.3 is 15.5 Å². The average Bonchev–Trinajstić information content (AvgIpc) is 2.88. The summed E-state index contributed by atoms with van der Waals surface area (Å²) < 4.78 is 32.8. The molecule has 0 aliphatic rings. The van der Waals surface area contributed by atoms with E-state index in [4.69, 9.17) is 15.4 Å². The Hall–Kier alpha value is -3.13. The number of halogens is 2. The molecule has 0 bridgehead atoms. The highest BCUT2D eigenvalue weighted by Crippen LogP contribution is 2.32. The Kier molecular flexibility index (Phi) is 3.82. The number of rotatable bonds is 4. The highest BCUT2D eigenvalue weighted by molar-refractivity contribution is 5.69. The van der Waals surface area contributed by atoms with E-state index in [2.05, 4.69) is 10.3 Å². The number of aromatic nitrogens is 1. The highest BCUT2D eigenvalue weighted by atomic mass is 19.1. The van der Waals surface area contributed by atoms with Crippen LogP contribution in [-0.4, -0.2) is 10.2 Å². The molecule has 0 fully saturated rings. The molecule has 8 heteroatoms. The molecule has 0 spiro atoms.